The number of nitrogens with zero attached hydrogens (tertiary/aromatic N) is 3. The van der Waals surface area contributed by atoms with Gasteiger partial charge in [0.15, 0.2) is 5.16 Å². The van der Waals surface area contributed by atoms with Gasteiger partial charge in [0.25, 0.3) is 11.6 Å². The predicted molar refractivity (Wildman–Crippen MR) is 149 cm³/mol. The zero-order valence-electron chi connectivity index (χ0n) is 20.4. The number of nitro benzene ring substituents is 1. The van der Waals surface area contributed by atoms with Crippen LogP contribution in [0.15, 0.2) is 84.0 Å². The number of non-ortho nitro benzene ring substituents is 1. The molecule has 0 atom stereocenters. The number of unbranched alkanes of at least 4 members (excludes halogenated alkanes) is 1. The Labute approximate surface area is 225 Å². The highest BCUT2D eigenvalue weighted by molar-refractivity contribution is 7.99. The molecule has 0 aliphatic heterocycles. The number of benzene rings is 3. The SMILES string of the molecule is CCn1c(SCCCCNC(=O)c2ccc([N+](=O)[O-])cc2Cl)nc(-c2ccccc2)c1-c1ccccc1. The molecule has 7 nitrogen and oxygen atoms in total. The van der Waals surface area contributed by atoms with Gasteiger partial charge >= 0.3 is 0 Å². The van der Waals surface area contributed by atoms with Crippen LogP contribution < -0.4 is 5.32 Å². The molecule has 0 aliphatic rings. The van der Waals surface area contributed by atoms with Crippen LogP contribution in [0, 0.1) is 10.1 Å². The van der Waals surface area contributed by atoms with Crippen LogP contribution in [-0.4, -0.2) is 32.7 Å². The number of halogens is 1. The van der Waals surface area contributed by atoms with Crippen LogP contribution in [0.3, 0.4) is 0 Å². The van der Waals surface area contributed by atoms with E-state index in [1.807, 2.05) is 36.4 Å². The summed E-state index contributed by atoms with van der Waals surface area (Å²) >= 11 is 7.76. The van der Waals surface area contributed by atoms with Gasteiger partial charge in [-0.25, -0.2) is 4.98 Å². The summed E-state index contributed by atoms with van der Waals surface area (Å²) in [6, 6.07) is 24.4. The normalized spacial score (nSPS) is 10.9. The summed E-state index contributed by atoms with van der Waals surface area (Å²) in [6.07, 6.45) is 1.67. The monoisotopic (exact) mass is 534 g/mol. The number of aromatic nitrogens is 2. The molecule has 9 heteroatoms. The van der Waals surface area contributed by atoms with Gasteiger partial charge in [-0.15, -0.1) is 0 Å². The highest BCUT2D eigenvalue weighted by atomic mass is 35.5. The number of hydrogen-bond donors (Lipinski definition) is 1. The highest BCUT2D eigenvalue weighted by Gasteiger charge is 2.19. The molecule has 3 aromatic carbocycles. The van der Waals surface area contributed by atoms with Crippen LogP contribution in [-0.2, 0) is 6.54 Å². The molecule has 0 fully saturated rings. The van der Waals surface area contributed by atoms with Crippen molar-refractivity contribution in [3.63, 3.8) is 0 Å². The fourth-order valence-corrected chi connectivity index (χ4v) is 5.33. The Morgan fingerprint density at radius 2 is 1.70 bits per heavy atom. The molecule has 0 aliphatic carbocycles. The van der Waals surface area contributed by atoms with E-state index in [1.54, 1.807) is 11.8 Å². The van der Waals surface area contributed by atoms with Gasteiger partial charge in [-0.2, -0.15) is 0 Å². The van der Waals surface area contributed by atoms with Crippen molar-refractivity contribution in [3.05, 3.63) is 99.6 Å². The van der Waals surface area contributed by atoms with Crippen LogP contribution in [0.4, 0.5) is 5.69 Å². The Morgan fingerprint density at radius 3 is 2.32 bits per heavy atom. The third-order valence-electron chi connectivity index (χ3n) is 5.84. The van der Waals surface area contributed by atoms with Gasteiger partial charge in [-0.3, -0.25) is 14.9 Å². The van der Waals surface area contributed by atoms with Gasteiger partial charge in [-0.1, -0.05) is 84.0 Å². The molecule has 0 unspecified atom stereocenters. The second kappa shape index (κ2) is 12.6. The maximum absolute atomic E-state index is 12.4. The summed E-state index contributed by atoms with van der Waals surface area (Å²) < 4.78 is 2.26. The Balaban J connectivity index is 1.37. The van der Waals surface area contributed by atoms with Crippen molar-refractivity contribution in [2.45, 2.75) is 31.5 Å². The summed E-state index contributed by atoms with van der Waals surface area (Å²) in [4.78, 5) is 27.8. The van der Waals surface area contributed by atoms with Crippen LogP contribution in [0.1, 0.15) is 30.1 Å². The number of nitro groups is 1. The van der Waals surface area contributed by atoms with Gasteiger partial charge < -0.3 is 9.88 Å². The van der Waals surface area contributed by atoms with E-state index >= 15 is 0 Å². The lowest BCUT2D eigenvalue weighted by Crippen LogP contribution is -2.24. The largest absolute Gasteiger partial charge is 0.352 e. The molecule has 37 heavy (non-hydrogen) atoms. The lowest BCUT2D eigenvalue weighted by molar-refractivity contribution is -0.384. The number of nitrogens with one attached hydrogen (secondary N) is 1. The Bertz CT molecular complexity index is 1380. The van der Waals surface area contributed by atoms with Crippen molar-refractivity contribution in [2.75, 3.05) is 12.3 Å². The number of hydrogen-bond acceptors (Lipinski definition) is 5. The first kappa shape index (κ1) is 26.4. The lowest BCUT2D eigenvalue weighted by atomic mass is 10.0. The standard InChI is InChI=1S/C28H27ClN4O3S/c1-2-32-26(21-13-7-4-8-14-21)25(20-11-5-3-6-12-20)31-28(32)37-18-10-9-17-30-27(34)23-16-15-22(33(35)36)19-24(23)29/h3-8,11-16,19H,2,9-10,17-18H2,1H3,(H,30,34). The second-order valence-corrected chi connectivity index (χ2v) is 9.77. The fraction of sp³-hybridized carbons (Fsp3) is 0.214. The average Bonchev–Trinajstić information content (AvgIpc) is 3.29. The third kappa shape index (κ3) is 6.39. The van der Waals surface area contributed by atoms with Crippen LogP contribution >= 0.6 is 23.4 Å². The quantitative estimate of drug-likeness (QED) is 0.0958. The van der Waals surface area contributed by atoms with Gasteiger partial charge in [0.05, 0.1) is 26.9 Å². The number of rotatable bonds is 11. The molecule has 1 N–H and O–H groups in total. The first-order valence-electron chi connectivity index (χ1n) is 12.1. The topological polar surface area (TPSA) is 90.1 Å². The molecule has 1 heterocycles. The molecule has 1 amide bonds. The minimum absolute atomic E-state index is 0.0668. The zero-order valence-corrected chi connectivity index (χ0v) is 22.0. The number of thioether (sulfide) groups is 1. The molecular weight excluding hydrogens is 508 g/mol. The van der Waals surface area contributed by atoms with E-state index < -0.39 is 4.92 Å². The van der Waals surface area contributed by atoms with Crippen LogP contribution in [0.5, 0.6) is 0 Å². The third-order valence-corrected chi connectivity index (χ3v) is 7.21. The molecule has 0 radical (unpaired) electrons. The molecule has 4 aromatic rings. The van der Waals surface area contributed by atoms with Crippen LogP contribution in [0.2, 0.25) is 5.02 Å². The highest BCUT2D eigenvalue weighted by Crippen LogP contribution is 2.36. The summed E-state index contributed by atoms with van der Waals surface area (Å²) in [5, 5.41) is 14.7. The van der Waals surface area contributed by atoms with Crippen molar-refractivity contribution in [3.8, 4) is 22.5 Å². The van der Waals surface area contributed by atoms with E-state index in [9.17, 15) is 14.9 Å². The zero-order chi connectivity index (χ0) is 26.2. The van der Waals surface area contributed by atoms with Crippen molar-refractivity contribution >= 4 is 35.0 Å². The first-order valence-corrected chi connectivity index (χ1v) is 13.4. The Hall–Kier alpha value is -3.62. The summed E-state index contributed by atoms with van der Waals surface area (Å²) in [7, 11) is 0. The predicted octanol–water partition coefficient (Wildman–Crippen LogP) is 7.10. The summed E-state index contributed by atoms with van der Waals surface area (Å²) in [5.41, 5.74) is 4.40. The lowest BCUT2D eigenvalue weighted by Gasteiger charge is -2.11. The minimum Gasteiger partial charge on any atom is -0.352 e. The van der Waals surface area contributed by atoms with Gasteiger partial charge in [0, 0.05) is 42.1 Å². The number of imidazole rings is 1. The van der Waals surface area contributed by atoms with E-state index in [0.717, 1.165) is 52.8 Å². The molecule has 0 bridgehead atoms. The van der Waals surface area contributed by atoms with Crippen molar-refractivity contribution in [1.29, 1.82) is 0 Å². The van der Waals surface area contributed by atoms with E-state index in [4.69, 9.17) is 16.6 Å². The molecular formula is C28H27ClN4O3S. The van der Waals surface area contributed by atoms with E-state index in [1.165, 1.54) is 18.2 Å². The summed E-state index contributed by atoms with van der Waals surface area (Å²) in [5.74, 6) is 0.516. The maximum atomic E-state index is 12.4. The number of carbonyl (C=O) groups excluding carboxylic acids is 1. The second-order valence-electron chi connectivity index (χ2n) is 8.30. The van der Waals surface area contributed by atoms with E-state index in [-0.39, 0.29) is 22.2 Å². The maximum Gasteiger partial charge on any atom is 0.270 e. The van der Waals surface area contributed by atoms with E-state index in [2.05, 4.69) is 41.1 Å². The Kier molecular flexibility index (Phi) is 8.98. The molecule has 4 rings (SSSR count). The number of amides is 1. The van der Waals surface area contributed by atoms with Crippen molar-refractivity contribution in [1.82, 2.24) is 14.9 Å². The molecule has 190 valence electrons. The van der Waals surface area contributed by atoms with Crippen molar-refractivity contribution < 1.29 is 9.72 Å². The molecule has 0 saturated heterocycles. The number of carbonyl (C=O) groups is 1. The van der Waals surface area contributed by atoms with Crippen LogP contribution in [0.25, 0.3) is 22.5 Å². The van der Waals surface area contributed by atoms with E-state index in [0.29, 0.717) is 6.54 Å². The molecule has 1 aromatic heterocycles. The molecule has 0 saturated carbocycles. The summed E-state index contributed by atoms with van der Waals surface area (Å²) in [6.45, 7) is 3.42. The van der Waals surface area contributed by atoms with Gasteiger partial charge in [0.2, 0.25) is 0 Å². The van der Waals surface area contributed by atoms with Crippen molar-refractivity contribution in [2.24, 2.45) is 0 Å². The molecule has 0 spiro atoms. The first-order chi connectivity index (χ1) is 18.0. The minimum atomic E-state index is -0.541. The Morgan fingerprint density at radius 1 is 1.03 bits per heavy atom. The van der Waals surface area contributed by atoms with Gasteiger partial charge in [0.1, 0.15) is 0 Å². The van der Waals surface area contributed by atoms with Gasteiger partial charge in [-0.05, 0) is 25.8 Å². The average molecular weight is 535 g/mol. The smallest absolute Gasteiger partial charge is 0.270 e. The fourth-order valence-electron chi connectivity index (χ4n) is 4.01.